The van der Waals surface area contributed by atoms with E-state index in [9.17, 15) is 0 Å². The largest absolute Gasteiger partial charge is 0.361 e. The highest BCUT2D eigenvalue weighted by Gasteiger charge is 2.35. The minimum Gasteiger partial charge on any atom is -0.361 e. The van der Waals surface area contributed by atoms with Crippen molar-refractivity contribution in [2.75, 3.05) is 0 Å². The summed E-state index contributed by atoms with van der Waals surface area (Å²) in [4.78, 5) is 3.17. The molecule has 1 nitrogen and oxygen atoms in total. The minimum absolute atomic E-state index is 0.0221. The minimum atomic E-state index is 0.0221. The summed E-state index contributed by atoms with van der Waals surface area (Å²) in [5.74, 6) is 0. The first-order valence-electron chi connectivity index (χ1n) is 16.5. The molecule has 0 unspecified atom stereocenters. The lowest BCUT2D eigenvalue weighted by atomic mass is 9.81. The highest BCUT2D eigenvalue weighted by atomic mass is 79.9. The van der Waals surface area contributed by atoms with Crippen LogP contribution in [0.25, 0.3) is 11.3 Å². The molecule has 4 aromatic rings. The molecule has 2 aliphatic rings. The van der Waals surface area contributed by atoms with Gasteiger partial charge in [0.1, 0.15) is 0 Å². The monoisotopic (exact) mass is 671 g/mol. The predicted molar refractivity (Wildman–Crippen MR) is 205 cm³/mol. The fourth-order valence-corrected chi connectivity index (χ4v) is 6.93. The van der Waals surface area contributed by atoms with Crippen LogP contribution in [0, 0.1) is 6.92 Å². The van der Waals surface area contributed by atoms with Crippen LogP contribution in [-0.2, 0) is 23.7 Å². The molecule has 2 aliphatic carbocycles. The van der Waals surface area contributed by atoms with Crippen molar-refractivity contribution < 1.29 is 0 Å². The summed E-state index contributed by atoms with van der Waals surface area (Å²) in [7, 11) is 0. The van der Waals surface area contributed by atoms with E-state index in [4.69, 9.17) is 0 Å². The molecule has 238 valence electrons. The Morgan fingerprint density at radius 1 is 0.804 bits per heavy atom. The molecule has 1 aromatic heterocycles. The first kappa shape index (κ1) is 35.0. The lowest BCUT2D eigenvalue weighted by Crippen LogP contribution is -2.16. The van der Waals surface area contributed by atoms with E-state index in [2.05, 4.69) is 160 Å². The zero-order chi connectivity index (χ0) is 33.5. The average Bonchev–Trinajstić information content (AvgIpc) is 3.72. The molecule has 0 amide bonds. The maximum absolute atomic E-state index is 4.44. The fraction of sp³-hybridized carbons (Fsp3) is 0.273. The third-order valence-electron chi connectivity index (χ3n) is 9.26. The number of rotatable bonds is 6. The van der Waals surface area contributed by atoms with Crippen molar-refractivity contribution in [1.82, 2.24) is 4.98 Å². The van der Waals surface area contributed by atoms with Gasteiger partial charge in [-0.15, -0.1) is 0 Å². The van der Waals surface area contributed by atoms with Gasteiger partial charge in [0, 0.05) is 27.2 Å². The molecule has 0 atom stereocenters. The van der Waals surface area contributed by atoms with Gasteiger partial charge in [-0.25, -0.2) is 0 Å². The van der Waals surface area contributed by atoms with Crippen LogP contribution in [0.1, 0.15) is 75.8 Å². The van der Waals surface area contributed by atoms with E-state index in [-0.39, 0.29) is 10.8 Å². The van der Waals surface area contributed by atoms with E-state index in [0.29, 0.717) is 0 Å². The molecule has 46 heavy (non-hydrogen) atoms. The van der Waals surface area contributed by atoms with Crippen molar-refractivity contribution in [2.24, 2.45) is 0 Å². The van der Waals surface area contributed by atoms with E-state index in [1.807, 2.05) is 32.2 Å². The maximum Gasteiger partial charge on any atom is 0.0453 e. The normalized spacial score (nSPS) is 17.3. The van der Waals surface area contributed by atoms with Gasteiger partial charge < -0.3 is 4.98 Å². The van der Waals surface area contributed by atoms with E-state index in [1.165, 1.54) is 55.8 Å². The number of nitrogens with one attached hydrogen (secondary N) is 1. The number of hydrogen-bond donors (Lipinski definition) is 1. The van der Waals surface area contributed by atoms with Crippen LogP contribution in [0.3, 0.4) is 0 Å². The first-order valence-corrected chi connectivity index (χ1v) is 17.3. The second-order valence-electron chi connectivity index (χ2n) is 13.2. The topological polar surface area (TPSA) is 15.8 Å². The van der Waals surface area contributed by atoms with Crippen molar-refractivity contribution in [2.45, 2.75) is 78.6 Å². The lowest BCUT2D eigenvalue weighted by molar-refractivity contribution is 0.642. The third kappa shape index (κ3) is 7.91. The summed E-state index contributed by atoms with van der Waals surface area (Å²) in [5.41, 5.74) is 14.9. The lowest BCUT2D eigenvalue weighted by Gasteiger charge is -2.23. The van der Waals surface area contributed by atoms with Gasteiger partial charge in [-0.2, -0.15) is 0 Å². The van der Waals surface area contributed by atoms with Gasteiger partial charge in [0.05, 0.1) is 0 Å². The highest BCUT2D eigenvalue weighted by molar-refractivity contribution is 9.10. The maximum atomic E-state index is 4.44. The van der Waals surface area contributed by atoms with E-state index in [1.54, 1.807) is 0 Å². The van der Waals surface area contributed by atoms with Gasteiger partial charge in [0.25, 0.3) is 0 Å². The number of benzene rings is 3. The molecule has 3 aromatic carbocycles. The Labute approximate surface area is 286 Å². The van der Waals surface area contributed by atoms with Crippen LogP contribution in [0.5, 0.6) is 0 Å². The molecule has 6 rings (SSSR count). The number of halogens is 1. The van der Waals surface area contributed by atoms with Gasteiger partial charge >= 0.3 is 0 Å². The van der Waals surface area contributed by atoms with Crippen molar-refractivity contribution in [3.8, 4) is 11.3 Å². The quantitative estimate of drug-likeness (QED) is 0.196. The molecule has 0 radical (unpaired) electrons. The van der Waals surface area contributed by atoms with Gasteiger partial charge in [-0.05, 0) is 83.8 Å². The molecule has 0 fully saturated rings. The van der Waals surface area contributed by atoms with Gasteiger partial charge in [0.2, 0.25) is 0 Å². The molecule has 0 saturated heterocycles. The Morgan fingerprint density at radius 3 is 2.07 bits per heavy atom. The Hall–Kier alpha value is -3.88. The van der Waals surface area contributed by atoms with Gasteiger partial charge in [-0.1, -0.05) is 172 Å². The Balaban J connectivity index is 0.000000285. The summed E-state index contributed by atoms with van der Waals surface area (Å²) in [5, 5.41) is 0. The standard InChI is InChI=1S/C31H33Br.C11H11N.C2H6/c1-7-10-22(17-26-19-24-13-14-27(32)20-29(24)31(26,5)6)15-21(2)16-25-18-23-11-8-9-12-28(23)30(25,3)4;1-9-4-6-10(7-5-9)11-3-2-8-12-11;1-2/h7-14,16-17,20H,1-2,15,18-19H2,3-6H3;2-8,12H,1H3;1-2H3/b22-10-,25-16+,26-17+;;. The number of H-pyrrole nitrogens is 1. The number of hydrogen-bond acceptors (Lipinski definition) is 0. The molecule has 0 aliphatic heterocycles. The van der Waals surface area contributed by atoms with Crippen LogP contribution in [0.2, 0.25) is 0 Å². The molecule has 0 saturated carbocycles. The molecule has 1 heterocycles. The zero-order valence-electron chi connectivity index (χ0n) is 28.8. The van der Waals surface area contributed by atoms with Gasteiger partial charge in [-0.3, -0.25) is 0 Å². The highest BCUT2D eigenvalue weighted by Crippen LogP contribution is 2.45. The number of allylic oxidation sites excluding steroid dienone is 8. The van der Waals surface area contributed by atoms with Crippen molar-refractivity contribution >= 4 is 15.9 Å². The van der Waals surface area contributed by atoms with E-state index < -0.39 is 0 Å². The van der Waals surface area contributed by atoms with Crippen molar-refractivity contribution in [3.63, 3.8) is 0 Å². The summed E-state index contributed by atoms with van der Waals surface area (Å²) in [6.07, 6.45) is 13.5. The Kier molecular flexibility index (Phi) is 11.5. The van der Waals surface area contributed by atoms with Gasteiger partial charge in [0.15, 0.2) is 0 Å². The summed E-state index contributed by atoms with van der Waals surface area (Å²) in [6, 6.07) is 28.1. The smallest absolute Gasteiger partial charge is 0.0453 e. The van der Waals surface area contributed by atoms with Crippen LogP contribution in [0.4, 0.5) is 0 Å². The van der Waals surface area contributed by atoms with Crippen LogP contribution >= 0.6 is 15.9 Å². The molecule has 0 bridgehead atoms. The van der Waals surface area contributed by atoms with Crippen molar-refractivity contribution in [3.05, 3.63) is 177 Å². The molecule has 0 spiro atoms. The molecular formula is C44H50BrN. The second-order valence-corrected chi connectivity index (χ2v) is 14.1. The van der Waals surface area contributed by atoms with E-state index in [0.717, 1.165) is 29.3 Å². The molecule has 1 N–H and O–H groups in total. The number of aromatic nitrogens is 1. The SMILES string of the molecule is C=C/C=C(\C=C1/Cc2ccc(Br)cc2C1(C)C)CC(=C)/C=C1\Cc2ccccc2C1(C)C.CC.Cc1ccc(-c2ccc[nH]2)cc1. The second kappa shape index (κ2) is 15.1. The predicted octanol–water partition coefficient (Wildman–Crippen LogP) is 12.7. The average molecular weight is 673 g/mol. The molecular weight excluding hydrogens is 622 g/mol. The third-order valence-corrected chi connectivity index (χ3v) is 9.76. The van der Waals surface area contributed by atoms with Crippen LogP contribution in [0.15, 0.2) is 149 Å². The zero-order valence-corrected chi connectivity index (χ0v) is 30.4. The summed E-state index contributed by atoms with van der Waals surface area (Å²) < 4.78 is 1.15. The summed E-state index contributed by atoms with van der Waals surface area (Å²) in [6.45, 7) is 23.8. The Bertz CT molecular complexity index is 1750. The first-order chi connectivity index (χ1) is 22.0. The van der Waals surface area contributed by atoms with Crippen molar-refractivity contribution in [1.29, 1.82) is 0 Å². The fourth-order valence-electron chi connectivity index (χ4n) is 6.57. The Morgan fingerprint density at radius 2 is 1.43 bits per heavy atom. The number of aromatic amines is 1. The summed E-state index contributed by atoms with van der Waals surface area (Å²) >= 11 is 3.64. The van der Waals surface area contributed by atoms with Crippen LogP contribution in [-0.4, -0.2) is 4.98 Å². The number of aryl methyl sites for hydroxylation is 1. The van der Waals surface area contributed by atoms with E-state index >= 15 is 0 Å². The molecule has 2 heteroatoms. The number of fused-ring (bicyclic) bond motifs is 2. The van der Waals surface area contributed by atoms with Crippen LogP contribution < -0.4 is 0 Å².